The van der Waals surface area contributed by atoms with Gasteiger partial charge >= 0.3 is 0 Å². The third-order valence-corrected chi connectivity index (χ3v) is 4.51. The highest BCUT2D eigenvalue weighted by molar-refractivity contribution is 6.56. The fourth-order valence-corrected chi connectivity index (χ4v) is 2.91. The minimum absolute atomic E-state index is 0.0700. The van der Waals surface area contributed by atoms with E-state index in [2.05, 4.69) is 18.8 Å². The van der Waals surface area contributed by atoms with Gasteiger partial charge in [-0.1, -0.05) is 44.2 Å². The van der Waals surface area contributed by atoms with E-state index in [1.807, 2.05) is 36.4 Å². The van der Waals surface area contributed by atoms with E-state index >= 15 is 0 Å². The summed E-state index contributed by atoms with van der Waals surface area (Å²) in [7, 11) is 0. The van der Waals surface area contributed by atoms with Crippen LogP contribution in [0.15, 0.2) is 53.5 Å². The molecule has 1 heterocycles. The van der Waals surface area contributed by atoms with Crippen molar-refractivity contribution < 1.29 is 14.7 Å². The standard InChI is InChI=1S/C20H20N2O3/c1-3-13(2)14-8-10-15(11-9-14)22-17-7-5-4-6-16(17)19(20(22)25)21-18(24)12-23/h4-11,13,23H,3,12H2,1-2H3. The number of carbonyl (C=O) groups is 2. The quantitative estimate of drug-likeness (QED) is 0.932. The fraction of sp³-hybridized carbons (Fsp3) is 0.250. The van der Waals surface area contributed by atoms with Crippen molar-refractivity contribution in [2.45, 2.75) is 26.2 Å². The molecule has 0 bridgehead atoms. The van der Waals surface area contributed by atoms with Crippen LogP contribution in [0.2, 0.25) is 0 Å². The van der Waals surface area contributed by atoms with E-state index in [4.69, 9.17) is 5.11 Å². The molecule has 1 atom stereocenters. The molecule has 0 radical (unpaired) electrons. The van der Waals surface area contributed by atoms with Gasteiger partial charge in [-0.2, -0.15) is 0 Å². The third-order valence-electron chi connectivity index (χ3n) is 4.51. The van der Waals surface area contributed by atoms with Crippen LogP contribution in [0.4, 0.5) is 11.4 Å². The summed E-state index contributed by atoms with van der Waals surface area (Å²) in [5, 5.41) is 8.94. The Morgan fingerprint density at radius 1 is 1.16 bits per heavy atom. The molecule has 0 fully saturated rings. The van der Waals surface area contributed by atoms with E-state index in [0.29, 0.717) is 17.2 Å². The van der Waals surface area contributed by atoms with Crippen LogP contribution in [0.25, 0.3) is 0 Å². The smallest absolute Gasteiger partial charge is 0.282 e. The Labute approximate surface area is 146 Å². The van der Waals surface area contributed by atoms with Crippen molar-refractivity contribution >= 4 is 28.9 Å². The van der Waals surface area contributed by atoms with Gasteiger partial charge in [-0.3, -0.25) is 14.5 Å². The Morgan fingerprint density at radius 3 is 2.48 bits per heavy atom. The van der Waals surface area contributed by atoms with E-state index < -0.39 is 12.5 Å². The summed E-state index contributed by atoms with van der Waals surface area (Å²) < 4.78 is 0. The van der Waals surface area contributed by atoms with Crippen LogP contribution in [0.3, 0.4) is 0 Å². The van der Waals surface area contributed by atoms with Gasteiger partial charge in [0.1, 0.15) is 12.3 Å². The first-order valence-electron chi connectivity index (χ1n) is 8.33. The van der Waals surface area contributed by atoms with Crippen molar-refractivity contribution in [1.82, 2.24) is 0 Å². The number of aliphatic imine (C=N–C) groups is 1. The Hall–Kier alpha value is -2.79. The van der Waals surface area contributed by atoms with E-state index in [9.17, 15) is 9.59 Å². The highest BCUT2D eigenvalue weighted by Crippen LogP contribution is 2.36. The molecule has 3 rings (SSSR count). The van der Waals surface area contributed by atoms with E-state index in [1.54, 1.807) is 17.0 Å². The van der Waals surface area contributed by atoms with E-state index in [1.165, 1.54) is 5.56 Å². The summed E-state index contributed by atoms with van der Waals surface area (Å²) in [6, 6.07) is 15.1. The molecule has 1 N–H and O–H groups in total. The number of amides is 2. The molecular formula is C20H20N2O3. The summed E-state index contributed by atoms with van der Waals surface area (Å²) in [5.74, 6) is -0.638. The predicted octanol–water partition coefficient (Wildman–Crippen LogP) is 3.19. The molecule has 0 saturated carbocycles. The first-order valence-corrected chi connectivity index (χ1v) is 8.33. The third kappa shape index (κ3) is 3.10. The molecule has 2 aromatic rings. The van der Waals surface area contributed by atoms with Crippen LogP contribution in [-0.4, -0.2) is 29.2 Å². The van der Waals surface area contributed by atoms with Gasteiger partial charge in [0.25, 0.3) is 11.8 Å². The van der Waals surface area contributed by atoms with Crippen LogP contribution in [0.5, 0.6) is 0 Å². The zero-order valence-electron chi connectivity index (χ0n) is 14.3. The second kappa shape index (κ2) is 6.99. The summed E-state index contributed by atoms with van der Waals surface area (Å²) in [4.78, 5) is 29.7. The Balaban J connectivity index is 2.04. The lowest BCUT2D eigenvalue weighted by molar-refractivity contribution is -0.120. The summed E-state index contributed by atoms with van der Waals surface area (Å²) >= 11 is 0. The predicted molar refractivity (Wildman–Crippen MR) is 97.4 cm³/mol. The number of aliphatic hydroxyl groups excluding tert-OH is 1. The minimum Gasteiger partial charge on any atom is -0.386 e. The second-order valence-electron chi connectivity index (χ2n) is 6.07. The van der Waals surface area contributed by atoms with Crippen molar-refractivity contribution in [2.24, 2.45) is 4.99 Å². The maximum Gasteiger partial charge on any atom is 0.282 e. The Morgan fingerprint density at radius 2 is 1.84 bits per heavy atom. The molecule has 1 aliphatic heterocycles. The summed E-state index contributed by atoms with van der Waals surface area (Å²) in [6.45, 7) is 3.58. The molecule has 0 aliphatic carbocycles. The van der Waals surface area contributed by atoms with Crippen LogP contribution in [0.1, 0.15) is 37.3 Å². The zero-order chi connectivity index (χ0) is 18.0. The molecule has 0 spiro atoms. The maximum atomic E-state index is 12.9. The van der Waals surface area contributed by atoms with Crippen LogP contribution in [-0.2, 0) is 9.59 Å². The van der Waals surface area contributed by atoms with Crippen molar-refractivity contribution in [1.29, 1.82) is 0 Å². The number of para-hydroxylation sites is 1. The molecule has 2 amide bonds. The molecule has 5 nitrogen and oxygen atoms in total. The van der Waals surface area contributed by atoms with Crippen molar-refractivity contribution in [3.63, 3.8) is 0 Å². The van der Waals surface area contributed by atoms with Crippen LogP contribution >= 0.6 is 0 Å². The number of hydrogen-bond donors (Lipinski definition) is 1. The number of fused-ring (bicyclic) bond motifs is 1. The van der Waals surface area contributed by atoms with Gasteiger partial charge in [-0.05, 0) is 36.1 Å². The maximum absolute atomic E-state index is 12.9. The molecule has 0 aromatic heterocycles. The van der Waals surface area contributed by atoms with Crippen LogP contribution < -0.4 is 4.90 Å². The number of nitrogens with zero attached hydrogens (tertiary/aromatic N) is 2. The van der Waals surface area contributed by atoms with Gasteiger partial charge < -0.3 is 5.11 Å². The van der Waals surface area contributed by atoms with Gasteiger partial charge in [0, 0.05) is 11.3 Å². The molecule has 2 aromatic carbocycles. The first-order chi connectivity index (χ1) is 12.1. The van der Waals surface area contributed by atoms with Gasteiger partial charge in [0.05, 0.1) is 5.69 Å². The molecule has 25 heavy (non-hydrogen) atoms. The average Bonchev–Trinajstić information content (AvgIpc) is 2.93. The topological polar surface area (TPSA) is 70.0 Å². The zero-order valence-corrected chi connectivity index (χ0v) is 14.3. The average molecular weight is 336 g/mol. The lowest BCUT2D eigenvalue weighted by Crippen LogP contribution is -2.26. The molecule has 5 heteroatoms. The summed E-state index contributed by atoms with van der Waals surface area (Å²) in [5.41, 5.74) is 3.30. The first kappa shape index (κ1) is 17.0. The van der Waals surface area contributed by atoms with Gasteiger partial charge in [0.15, 0.2) is 0 Å². The second-order valence-corrected chi connectivity index (χ2v) is 6.07. The van der Waals surface area contributed by atoms with Gasteiger partial charge in [-0.25, -0.2) is 4.99 Å². The molecule has 1 aliphatic rings. The molecule has 1 unspecified atom stereocenters. The normalized spacial score (nSPS) is 16.2. The van der Waals surface area contributed by atoms with Gasteiger partial charge in [-0.15, -0.1) is 0 Å². The number of anilines is 2. The highest BCUT2D eigenvalue weighted by atomic mass is 16.3. The molecule has 0 saturated heterocycles. The largest absolute Gasteiger partial charge is 0.386 e. The van der Waals surface area contributed by atoms with Crippen molar-refractivity contribution in [3.8, 4) is 0 Å². The van der Waals surface area contributed by atoms with Crippen molar-refractivity contribution in [3.05, 3.63) is 59.7 Å². The monoisotopic (exact) mass is 336 g/mol. The van der Waals surface area contributed by atoms with Gasteiger partial charge in [0.2, 0.25) is 0 Å². The lowest BCUT2D eigenvalue weighted by atomic mass is 9.98. The highest BCUT2D eigenvalue weighted by Gasteiger charge is 2.35. The SMILES string of the molecule is CCC(C)c1ccc(N2C(=O)C(=NC(=O)CO)c3ccccc32)cc1. The Kier molecular flexibility index (Phi) is 4.76. The molecule has 128 valence electrons. The number of rotatable bonds is 4. The fourth-order valence-electron chi connectivity index (χ4n) is 2.91. The number of carbonyl (C=O) groups excluding carboxylic acids is 2. The minimum atomic E-state index is -0.730. The molecular weight excluding hydrogens is 316 g/mol. The van der Waals surface area contributed by atoms with E-state index in [0.717, 1.165) is 12.1 Å². The lowest BCUT2D eigenvalue weighted by Gasteiger charge is -2.18. The number of hydrogen-bond acceptors (Lipinski definition) is 3. The Bertz CT molecular complexity index is 840. The number of aliphatic hydroxyl groups is 1. The van der Waals surface area contributed by atoms with Crippen LogP contribution in [0, 0.1) is 0 Å². The summed E-state index contributed by atoms with van der Waals surface area (Å²) in [6.07, 6.45) is 1.05. The van der Waals surface area contributed by atoms with Crippen molar-refractivity contribution in [2.75, 3.05) is 11.5 Å². The number of benzene rings is 2. The van der Waals surface area contributed by atoms with E-state index in [-0.39, 0.29) is 11.6 Å².